The van der Waals surface area contributed by atoms with Crippen molar-refractivity contribution >= 4 is 5.91 Å². The lowest BCUT2D eigenvalue weighted by atomic mass is 10.1. The van der Waals surface area contributed by atoms with Crippen molar-refractivity contribution in [2.45, 2.75) is 32.2 Å². The Balaban J connectivity index is 2.34. The maximum Gasteiger partial charge on any atom is 0.220 e. The van der Waals surface area contributed by atoms with Gasteiger partial charge in [0.25, 0.3) is 0 Å². The topological polar surface area (TPSA) is 68.0 Å². The molecule has 4 heteroatoms. The first-order valence-electron chi connectivity index (χ1n) is 5.63. The smallest absolute Gasteiger partial charge is 0.220 e. The van der Waals surface area contributed by atoms with Crippen molar-refractivity contribution in [1.82, 2.24) is 10.3 Å². The summed E-state index contributed by atoms with van der Waals surface area (Å²) < 4.78 is 0. The molecule has 88 valence electrons. The summed E-state index contributed by atoms with van der Waals surface area (Å²) in [6.07, 6.45) is 5.76. The zero-order valence-corrected chi connectivity index (χ0v) is 9.65. The Morgan fingerprint density at radius 2 is 2.12 bits per heavy atom. The van der Waals surface area contributed by atoms with Gasteiger partial charge >= 0.3 is 0 Å². The van der Waals surface area contributed by atoms with Crippen LogP contribution in [-0.4, -0.2) is 17.4 Å². The average Bonchev–Trinajstić information content (AvgIpc) is 2.30. The summed E-state index contributed by atoms with van der Waals surface area (Å²) in [4.78, 5) is 15.5. The summed E-state index contributed by atoms with van der Waals surface area (Å²) in [6.45, 7) is 2.61. The van der Waals surface area contributed by atoms with Gasteiger partial charge in [0.2, 0.25) is 5.91 Å². The van der Waals surface area contributed by atoms with Gasteiger partial charge in [-0.15, -0.1) is 0 Å². The highest BCUT2D eigenvalue weighted by atomic mass is 16.1. The third-order valence-electron chi connectivity index (χ3n) is 2.44. The van der Waals surface area contributed by atoms with E-state index in [1.54, 1.807) is 12.4 Å². The number of aromatic nitrogens is 1. The highest BCUT2D eigenvalue weighted by Gasteiger charge is 2.08. The van der Waals surface area contributed by atoms with Gasteiger partial charge in [-0.05, 0) is 44.0 Å². The van der Waals surface area contributed by atoms with Crippen LogP contribution >= 0.6 is 0 Å². The molecule has 1 rings (SSSR count). The molecule has 1 amide bonds. The molecular weight excluding hydrogens is 202 g/mol. The first-order valence-corrected chi connectivity index (χ1v) is 5.63. The van der Waals surface area contributed by atoms with Crippen LogP contribution in [0.3, 0.4) is 0 Å². The molecule has 1 heterocycles. The fraction of sp³-hybridized carbons (Fsp3) is 0.500. The highest BCUT2D eigenvalue weighted by Crippen LogP contribution is 2.10. The number of unbranched alkanes of at least 4 members (excludes halogenated alkanes) is 1. The lowest BCUT2D eigenvalue weighted by molar-refractivity contribution is -0.121. The Morgan fingerprint density at radius 1 is 1.44 bits per heavy atom. The lowest BCUT2D eigenvalue weighted by Crippen LogP contribution is -2.26. The Kier molecular flexibility index (Phi) is 5.50. The number of nitrogens with zero attached hydrogens (tertiary/aromatic N) is 1. The second kappa shape index (κ2) is 6.95. The summed E-state index contributed by atoms with van der Waals surface area (Å²) in [5.74, 6) is 0.0813. The van der Waals surface area contributed by atoms with Crippen molar-refractivity contribution in [3.05, 3.63) is 30.1 Å². The lowest BCUT2D eigenvalue weighted by Gasteiger charge is -2.13. The molecule has 0 unspecified atom stereocenters. The summed E-state index contributed by atoms with van der Waals surface area (Å²) in [5.41, 5.74) is 6.44. The molecule has 0 fully saturated rings. The standard InChI is InChI=1S/C12H19N3O/c1-10(11-5-8-14-9-6-11)15-12(16)4-2-3-7-13/h5-6,8-10H,2-4,7,13H2,1H3,(H,15,16)/t10-/m1/s1. The van der Waals surface area contributed by atoms with Crippen LogP contribution in [0.1, 0.15) is 37.8 Å². The molecule has 0 saturated carbocycles. The monoisotopic (exact) mass is 221 g/mol. The number of nitrogens with one attached hydrogen (secondary N) is 1. The number of rotatable bonds is 6. The molecule has 4 nitrogen and oxygen atoms in total. The Morgan fingerprint density at radius 3 is 2.75 bits per heavy atom. The molecule has 16 heavy (non-hydrogen) atoms. The number of hydrogen-bond acceptors (Lipinski definition) is 3. The number of carbonyl (C=O) groups excluding carboxylic acids is 1. The van der Waals surface area contributed by atoms with E-state index in [4.69, 9.17) is 5.73 Å². The number of pyridine rings is 1. The third kappa shape index (κ3) is 4.40. The van der Waals surface area contributed by atoms with E-state index in [0.29, 0.717) is 13.0 Å². The van der Waals surface area contributed by atoms with Gasteiger partial charge in [0.1, 0.15) is 0 Å². The van der Waals surface area contributed by atoms with E-state index in [1.807, 2.05) is 19.1 Å². The van der Waals surface area contributed by atoms with Crippen molar-refractivity contribution in [3.63, 3.8) is 0 Å². The first-order chi connectivity index (χ1) is 7.74. The molecule has 0 aliphatic carbocycles. The Hall–Kier alpha value is -1.42. The summed E-state index contributed by atoms with van der Waals surface area (Å²) in [7, 11) is 0. The quantitative estimate of drug-likeness (QED) is 0.713. The number of hydrogen-bond donors (Lipinski definition) is 2. The minimum Gasteiger partial charge on any atom is -0.350 e. The van der Waals surface area contributed by atoms with E-state index in [2.05, 4.69) is 10.3 Å². The van der Waals surface area contributed by atoms with Gasteiger partial charge in [-0.2, -0.15) is 0 Å². The van der Waals surface area contributed by atoms with Crippen molar-refractivity contribution in [1.29, 1.82) is 0 Å². The molecule has 0 aliphatic rings. The molecule has 1 aromatic heterocycles. The van der Waals surface area contributed by atoms with Crippen LogP contribution in [0.4, 0.5) is 0 Å². The highest BCUT2D eigenvalue weighted by molar-refractivity contribution is 5.76. The summed E-state index contributed by atoms with van der Waals surface area (Å²) in [5, 5.41) is 2.95. The molecule has 1 aromatic rings. The maximum atomic E-state index is 11.5. The minimum absolute atomic E-state index is 0.0355. The second-order valence-electron chi connectivity index (χ2n) is 3.82. The van der Waals surface area contributed by atoms with E-state index in [-0.39, 0.29) is 11.9 Å². The van der Waals surface area contributed by atoms with E-state index >= 15 is 0 Å². The predicted octanol–water partition coefficient (Wildman–Crippen LogP) is 1.39. The first kappa shape index (κ1) is 12.6. The summed E-state index contributed by atoms with van der Waals surface area (Å²) >= 11 is 0. The van der Waals surface area contributed by atoms with Crippen molar-refractivity contribution < 1.29 is 4.79 Å². The third-order valence-corrected chi connectivity index (χ3v) is 2.44. The van der Waals surface area contributed by atoms with Crippen LogP contribution in [0.2, 0.25) is 0 Å². The molecule has 0 radical (unpaired) electrons. The Bertz CT molecular complexity index is 313. The van der Waals surface area contributed by atoms with Crippen molar-refractivity contribution in [3.8, 4) is 0 Å². The van der Waals surface area contributed by atoms with Crippen LogP contribution in [0.15, 0.2) is 24.5 Å². The number of carbonyl (C=O) groups is 1. The van der Waals surface area contributed by atoms with E-state index in [1.165, 1.54) is 0 Å². The van der Waals surface area contributed by atoms with Gasteiger partial charge in [0, 0.05) is 18.8 Å². The van der Waals surface area contributed by atoms with Crippen LogP contribution in [0.25, 0.3) is 0 Å². The molecule has 0 aliphatic heterocycles. The van der Waals surface area contributed by atoms with Gasteiger partial charge < -0.3 is 11.1 Å². The zero-order valence-electron chi connectivity index (χ0n) is 9.65. The van der Waals surface area contributed by atoms with Gasteiger partial charge in [-0.25, -0.2) is 0 Å². The van der Waals surface area contributed by atoms with Crippen LogP contribution in [0, 0.1) is 0 Å². The van der Waals surface area contributed by atoms with Crippen LogP contribution in [-0.2, 0) is 4.79 Å². The van der Waals surface area contributed by atoms with Gasteiger partial charge in [0.05, 0.1) is 6.04 Å². The largest absolute Gasteiger partial charge is 0.350 e. The molecular formula is C12H19N3O. The van der Waals surface area contributed by atoms with Crippen molar-refractivity contribution in [2.75, 3.05) is 6.54 Å². The van der Waals surface area contributed by atoms with Gasteiger partial charge in [0.15, 0.2) is 0 Å². The van der Waals surface area contributed by atoms with Crippen LogP contribution in [0.5, 0.6) is 0 Å². The average molecular weight is 221 g/mol. The summed E-state index contributed by atoms with van der Waals surface area (Å²) in [6, 6.07) is 3.85. The second-order valence-corrected chi connectivity index (χ2v) is 3.82. The molecule has 0 saturated heterocycles. The normalized spacial score (nSPS) is 12.1. The van der Waals surface area contributed by atoms with E-state index < -0.39 is 0 Å². The fourth-order valence-electron chi connectivity index (χ4n) is 1.48. The zero-order chi connectivity index (χ0) is 11.8. The Labute approximate surface area is 96.3 Å². The van der Waals surface area contributed by atoms with E-state index in [0.717, 1.165) is 18.4 Å². The maximum absolute atomic E-state index is 11.5. The molecule has 0 aromatic carbocycles. The van der Waals surface area contributed by atoms with Gasteiger partial charge in [-0.1, -0.05) is 0 Å². The SMILES string of the molecule is C[C@@H](NC(=O)CCCCN)c1ccncc1. The van der Waals surface area contributed by atoms with Crippen molar-refractivity contribution in [2.24, 2.45) is 5.73 Å². The minimum atomic E-state index is 0.0355. The number of amides is 1. The fourth-order valence-corrected chi connectivity index (χ4v) is 1.48. The molecule has 0 bridgehead atoms. The predicted molar refractivity (Wildman–Crippen MR) is 63.7 cm³/mol. The van der Waals surface area contributed by atoms with E-state index in [9.17, 15) is 4.79 Å². The number of nitrogens with two attached hydrogens (primary N) is 1. The molecule has 1 atom stereocenters. The molecule has 0 spiro atoms. The van der Waals surface area contributed by atoms with Crippen LogP contribution < -0.4 is 11.1 Å². The van der Waals surface area contributed by atoms with Gasteiger partial charge in [-0.3, -0.25) is 9.78 Å². The molecule has 3 N–H and O–H groups in total.